The fourth-order valence-electron chi connectivity index (χ4n) is 2.01. The average molecular weight is 343 g/mol. The Morgan fingerprint density at radius 3 is 2.45 bits per heavy atom. The minimum absolute atomic E-state index is 0.238. The summed E-state index contributed by atoms with van der Waals surface area (Å²) in [6.07, 6.45) is 8.67. The second-order valence-corrected chi connectivity index (χ2v) is 5.77. The van der Waals surface area contributed by atoms with Crippen LogP contribution in [0.15, 0.2) is 22.7 Å². The molecule has 0 saturated carbocycles. The van der Waals surface area contributed by atoms with E-state index in [0.29, 0.717) is 16.8 Å². The highest BCUT2D eigenvalue weighted by molar-refractivity contribution is 9.10. The molecule has 1 rings (SSSR count). The van der Waals surface area contributed by atoms with Crippen LogP contribution in [0.2, 0.25) is 0 Å². The SMILES string of the molecule is CCCCCCCCCOc1ccc(Br)c(C(=O)O)c1. The number of benzene rings is 1. The number of rotatable bonds is 10. The molecular formula is C16H23BrO3. The zero-order chi connectivity index (χ0) is 14.8. The van der Waals surface area contributed by atoms with Gasteiger partial charge in [-0.3, -0.25) is 0 Å². The molecule has 0 unspecified atom stereocenters. The monoisotopic (exact) mass is 342 g/mol. The van der Waals surface area contributed by atoms with Crippen molar-refractivity contribution in [2.75, 3.05) is 6.61 Å². The Labute approximate surface area is 129 Å². The minimum Gasteiger partial charge on any atom is -0.494 e. The standard InChI is InChI=1S/C16H23BrO3/c1-2-3-4-5-6-7-8-11-20-13-9-10-15(17)14(12-13)16(18)19/h9-10,12H,2-8,11H2,1H3,(H,18,19). The smallest absolute Gasteiger partial charge is 0.336 e. The molecule has 20 heavy (non-hydrogen) atoms. The van der Waals surface area contributed by atoms with E-state index < -0.39 is 5.97 Å². The van der Waals surface area contributed by atoms with Crippen LogP contribution in [-0.4, -0.2) is 17.7 Å². The number of ether oxygens (including phenoxy) is 1. The van der Waals surface area contributed by atoms with Crippen LogP contribution in [0.1, 0.15) is 62.2 Å². The van der Waals surface area contributed by atoms with E-state index in [1.54, 1.807) is 18.2 Å². The second-order valence-electron chi connectivity index (χ2n) is 4.92. The summed E-state index contributed by atoms with van der Waals surface area (Å²) in [6, 6.07) is 5.06. The lowest BCUT2D eigenvalue weighted by atomic mass is 10.1. The Balaban J connectivity index is 2.22. The van der Waals surface area contributed by atoms with Crippen LogP contribution in [0.25, 0.3) is 0 Å². The fourth-order valence-corrected chi connectivity index (χ4v) is 2.42. The summed E-state index contributed by atoms with van der Waals surface area (Å²) < 4.78 is 6.17. The van der Waals surface area contributed by atoms with Crippen molar-refractivity contribution >= 4 is 21.9 Å². The molecule has 0 fully saturated rings. The van der Waals surface area contributed by atoms with Crippen molar-refractivity contribution < 1.29 is 14.6 Å². The zero-order valence-corrected chi connectivity index (χ0v) is 13.6. The third-order valence-electron chi connectivity index (χ3n) is 3.18. The maximum atomic E-state index is 11.0. The highest BCUT2D eigenvalue weighted by atomic mass is 79.9. The Morgan fingerprint density at radius 2 is 1.80 bits per heavy atom. The molecule has 0 aliphatic rings. The van der Waals surface area contributed by atoms with Crippen LogP contribution in [0.5, 0.6) is 5.75 Å². The first-order valence-corrected chi connectivity index (χ1v) is 8.10. The highest BCUT2D eigenvalue weighted by Gasteiger charge is 2.09. The number of hydrogen-bond acceptors (Lipinski definition) is 2. The first-order valence-electron chi connectivity index (χ1n) is 7.30. The number of hydrogen-bond donors (Lipinski definition) is 1. The molecule has 0 heterocycles. The van der Waals surface area contributed by atoms with Crippen LogP contribution in [0, 0.1) is 0 Å². The number of aromatic carboxylic acids is 1. The predicted molar refractivity (Wildman–Crippen MR) is 84.6 cm³/mol. The molecule has 1 N–H and O–H groups in total. The molecule has 0 amide bonds. The number of unbranched alkanes of at least 4 members (excludes halogenated alkanes) is 6. The lowest BCUT2D eigenvalue weighted by Gasteiger charge is -2.08. The zero-order valence-electron chi connectivity index (χ0n) is 12.0. The summed E-state index contributed by atoms with van der Waals surface area (Å²) in [5, 5.41) is 9.02. The van der Waals surface area contributed by atoms with Crippen LogP contribution in [0.4, 0.5) is 0 Å². The summed E-state index contributed by atoms with van der Waals surface area (Å²) in [5.74, 6) is -0.324. The maximum Gasteiger partial charge on any atom is 0.336 e. The van der Waals surface area contributed by atoms with Gasteiger partial charge in [-0.1, -0.05) is 45.4 Å². The van der Waals surface area contributed by atoms with Gasteiger partial charge < -0.3 is 9.84 Å². The lowest BCUT2D eigenvalue weighted by molar-refractivity contribution is 0.0695. The maximum absolute atomic E-state index is 11.0. The van der Waals surface area contributed by atoms with Gasteiger partial charge in [0.05, 0.1) is 12.2 Å². The molecule has 112 valence electrons. The summed E-state index contributed by atoms with van der Waals surface area (Å²) in [5.41, 5.74) is 0.238. The summed E-state index contributed by atoms with van der Waals surface area (Å²) in [4.78, 5) is 11.0. The van der Waals surface area contributed by atoms with Gasteiger partial charge in [-0.2, -0.15) is 0 Å². The van der Waals surface area contributed by atoms with Crippen molar-refractivity contribution in [2.24, 2.45) is 0 Å². The Kier molecular flexibility index (Phi) is 8.35. The average Bonchev–Trinajstić information content (AvgIpc) is 2.43. The lowest BCUT2D eigenvalue weighted by Crippen LogP contribution is -2.01. The molecule has 1 aromatic carbocycles. The van der Waals surface area contributed by atoms with Gasteiger partial charge in [0.25, 0.3) is 0 Å². The van der Waals surface area contributed by atoms with Gasteiger partial charge in [0.1, 0.15) is 5.75 Å². The number of carbonyl (C=O) groups is 1. The third-order valence-corrected chi connectivity index (χ3v) is 3.88. The van der Waals surface area contributed by atoms with E-state index in [1.807, 2.05) is 0 Å². The molecule has 0 aliphatic carbocycles. The first kappa shape index (κ1) is 17.0. The van der Waals surface area contributed by atoms with E-state index in [-0.39, 0.29) is 5.56 Å². The number of halogens is 1. The van der Waals surface area contributed by atoms with E-state index in [1.165, 1.54) is 38.5 Å². The summed E-state index contributed by atoms with van der Waals surface area (Å²) in [7, 11) is 0. The summed E-state index contributed by atoms with van der Waals surface area (Å²) in [6.45, 7) is 2.87. The molecule has 0 atom stereocenters. The van der Waals surface area contributed by atoms with E-state index in [9.17, 15) is 4.79 Å². The molecule has 0 radical (unpaired) electrons. The largest absolute Gasteiger partial charge is 0.494 e. The van der Waals surface area contributed by atoms with Crippen LogP contribution in [0.3, 0.4) is 0 Å². The van der Waals surface area contributed by atoms with Crippen molar-refractivity contribution in [1.82, 2.24) is 0 Å². The second kappa shape index (κ2) is 9.81. The Bertz CT molecular complexity index is 418. The molecule has 3 nitrogen and oxygen atoms in total. The third kappa shape index (κ3) is 6.42. The number of carboxylic acid groups (broad SMARTS) is 1. The van der Waals surface area contributed by atoms with Gasteiger partial charge in [0.2, 0.25) is 0 Å². The minimum atomic E-state index is -0.946. The van der Waals surface area contributed by atoms with E-state index in [4.69, 9.17) is 9.84 Å². The van der Waals surface area contributed by atoms with Crippen LogP contribution >= 0.6 is 15.9 Å². The predicted octanol–water partition coefficient (Wildman–Crippen LogP) is 5.28. The fraction of sp³-hybridized carbons (Fsp3) is 0.562. The summed E-state index contributed by atoms with van der Waals surface area (Å²) >= 11 is 3.22. The topological polar surface area (TPSA) is 46.5 Å². The van der Waals surface area contributed by atoms with Crippen molar-refractivity contribution in [1.29, 1.82) is 0 Å². The molecular weight excluding hydrogens is 320 g/mol. The molecule has 0 aromatic heterocycles. The molecule has 0 saturated heterocycles. The van der Waals surface area contributed by atoms with Crippen molar-refractivity contribution in [3.63, 3.8) is 0 Å². The van der Waals surface area contributed by atoms with Crippen molar-refractivity contribution in [3.05, 3.63) is 28.2 Å². The molecule has 4 heteroatoms. The molecule has 1 aromatic rings. The highest BCUT2D eigenvalue weighted by Crippen LogP contribution is 2.22. The Morgan fingerprint density at radius 1 is 1.15 bits per heavy atom. The van der Waals surface area contributed by atoms with Gasteiger partial charge in [-0.25, -0.2) is 4.79 Å². The van der Waals surface area contributed by atoms with Crippen LogP contribution < -0.4 is 4.74 Å². The van der Waals surface area contributed by atoms with E-state index in [2.05, 4.69) is 22.9 Å². The van der Waals surface area contributed by atoms with E-state index in [0.717, 1.165) is 6.42 Å². The quantitative estimate of drug-likeness (QED) is 0.588. The van der Waals surface area contributed by atoms with Gasteiger partial charge in [0, 0.05) is 4.47 Å². The molecule has 0 aliphatic heterocycles. The van der Waals surface area contributed by atoms with Crippen LogP contribution in [-0.2, 0) is 0 Å². The normalized spacial score (nSPS) is 10.5. The van der Waals surface area contributed by atoms with Crippen molar-refractivity contribution in [2.45, 2.75) is 51.9 Å². The van der Waals surface area contributed by atoms with Gasteiger partial charge in [-0.05, 0) is 40.5 Å². The van der Waals surface area contributed by atoms with E-state index >= 15 is 0 Å². The Hall–Kier alpha value is -1.03. The van der Waals surface area contributed by atoms with Crippen molar-refractivity contribution in [3.8, 4) is 5.75 Å². The van der Waals surface area contributed by atoms with Gasteiger partial charge in [-0.15, -0.1) is 0 Å². The molecule has 0 spiro atoms. The number of carboxylic acids is 1. The molecule has 0 bridgehead atoms. The van der Waals surface area contributed by atoms with Gasteiger partial charge in [0.15, 0.2) is 0 Å². The van der Waals surface area contributed by atoms with Gasteiger partial charge >= 0.3 is 5.97 Å². The first-order chi connectivity index (χ1) is 9.65.